The molecule has 0 aromatic heterocycles. The molecule has 2 rings (SSSR count). The lowest BCUT2D eigenvalue weighted by Gasteiger charge is -2.04. The number of amides is 1. The number of carbonyl (C=O) groups excluding carboxylic acids is 1. The Morgan fingerprint density at radius 2 is 2.29 bits per heavy atom. The number of rotatable bonds is 3. The van der Waals surface area contributed by atoms with E-state index < -0.39 is 5.82 Å². The lowest BCUT2D eigenvalue weighted by molar-refractivity contribution is -0.120. The Bertz CT molecular complexity index is 487. The molecule has 0 saturated heterocycles. The molecule has 1 amide bonds. The third-order valence-corrected chi connectivity index (χ3v) is 2.95. The molecule has 1 aliphatic heterocycles. The molecule has 1 N–H and O–H groups in total. The minimum Gasteiger partial charge on any atom is -0.312 e. The van der Waals surface area contributed by atoms with Gasteiger partial charge >= 0.3 is 0 Å². The third-order valence-electron chi connectivity index (χ3n) is 2.66. The average molecular weight is 255 g/mol. The van der Waals surface area contributed by atoms with Gasteiger partial charge in [-0.15, -0.1) is 0 Å². The zero-order valence-corrected chi connectivity index (χ0v) is 10.1. The summed E-state index contributed by atoms with van der Waals surface area (Å²) >= 11 is 5.68. The molecule has 17 heavy (non-hydrogen) atoms. The van der Waals surface area contributed by atoms with E-state index >= 15 is 0 Å². The molecule has 90 valence electrons. The number of nitrogens with zero attached hydrogens (tertiary/aromatic N) is 1. The Morgan fingerprint density at radius 1 is 1.53 bits per heavy atom. The number of carbonyl (C=O) groups is 1. The predicted molar refractivity (Wildman–Crippen MR) is 64.8 cm³/mol. The minimum absolute atomic E-state index is 0.0828. The third kappa shape index (κ3) is 2.47. The van der Waals surface area contributed by atoms with Crippen molar-refractivity contribution in [3.8, 4) is 0 Å². The molecule has 1 aliphatic rings. The summed E-state index contributed by atoms with van der Waals surface area (Å²) in [4.78, 5) is 15.6. The molecular formula is C12H12ClFN2O. The summed E-state index contributed by atoms with van der Waals surface area (Å²) in [6.45, 7) is 1.89. The standard InChI is InChI=1S/C12H12ClFN2O/c1-2-9-12(17)16-10(15-9)6-7-4-3-5-8(13)11(7)14/h3-5,9H,2,6H2,1H3,(H,15,16,17). The number of hydrogen-bond donors (Lipinski definition) is 1. The maximum Gasteiger partial charge on any atom is 0.250 e. The first kappa shape index (κ1) is 12.0. The highest BCUT2D eigenvalue weighted by atomic mass is 35.5. The SMILES string of the molecule is CCC1N=C(Cc2cccc(Cl)c2F)NC1=O. The van der Waals surface area contributed by atoms with Gasteiger partial charge in [-0.3, -0.25) is 9.79 Å². The van der Waals surface area contributed by atoms with Crippen molar-refractivity contribution >= 4 is 23.3 Å². The van der Waals surface area contributed by atoms with Gasteiger partial charge in [0.05, 0.1) is 5.02 Å². The molecular weight excluding hydrogens is 243 g/mol. The van der Waals surface area contributed by atoms with Gasteiger partial charge < -0.3 is 5.32 Å². The number of nitrogens with one attached hydrogen (secondary N) is 1. The van der Waals surface area contributed by atoms with E-state index in [1.54, 1.807) is 12.1 Å². The predicted octanol–water partition coefficient (Wildman–Crippen LogP) is 2.33. The van der Waals surface area contributed by atoms with Crippen LogP contribution in [0.4, 0.5) is 4.39 Å². The van der Waals surface area contributed by atoms with E-state index in [9.17, 15) is 9.18 Å². The zero-order valence-electron chi connectivity index (χ0n) is 9.34. The summed E-state index contributed by atoms with van der Waals surface area (Å²) in [5, 5.41) is 2.73. The van der Waals surface area contributed by atoms with Crippen LogP contribution in [0.1, 0.15) is 18.9 Å². The van der Waals surface area contributed by atoms with Gasteiger partial charge in [0.2, 0.25) is 5.91 Å². The Balaban J connectivity index is 2.17. The van der Waals surface area contributed by atoms with Gasteiger partial charge in [0, 0.05) is 6.42 Å². The number of halogens is 2. The van der Waals surface area contributed by atoms with E-state index in [4.69, 9.17) is 11.6 Å². The van der Waals surface area contributed by atoms with Crippen molar-refractivity contribution in [2.75, 3.05) is 0 Å². The first-order valence-corrected chi connectivity index (χ1v) is 5.80. The zero-order chi connectivity index (χ0) is 12.4. The van der Waals surface area contributed by atoms with Gasteiger partial charge in [-0.2, -0.15) is 0 Å². The van der Waals surface area contributed by atoms with E-state index in [0.29, 0.717) is 17.8 Å². The fraction of sp³-hybridized carbons (Fsp3) is 0.333. The second-order valence-corrected chi connectivity index (χ2v) is 4.29. The summed E-state index contributed by atoms with van der Waals surface area (Å²) in [6, 6.07) is 4.46. The Morgan fingerprint density at radius 3 is 2.94 bits per heavy atom. The molecule has 1 aromatic carbocycles. The van der Waals surface area contributed by atoms with E-state index in [2.05, 4.69) is 10.3 Å². The van der Waals surface area contributed by atoms with Gasteiger partial charge in [-0.05, 0) is 18.1 Å². The van der Waals surface area contributed by atoms with Crippen LogP contribution in [-0.4, -0.2) is 17.8 Å². The molecule has 0 aliphatic carbocycles. The normalized spacial score (nSPS) is 19.1. The number of hydrogen-bond acceptors (Lipinski definition) is 2. The lowest BCUT2D eigenvalue weighted by Crippen LogP contribution is -2.29. The highest BCUT2D eigenvalue weighted by Crippen LogP contribution is 2.19. The molecule has 0 fully saturated rings. The van der Waals surface area contributed by atoms with Crippen LogP contribution >= 0.6 is 11.6 Å². The largest absolute Gasteiger partial charge is 0.312 e. The van der Waals surface area contributed by atoms with Crippen LogP contribution < -0.4 is 5.32 Å². The number of benzene rings is 1. The first-order chi connectivity index (χ1) is 8.11. The second kappa shape index (κ2) is 4.84. The number of aliphatic imine (C=N–C) groups is 1. The molecule has 1 atom stereocenters. The molecule has 0 bridgehead atoms. The van der Waals surface area contributed by atoms with Gasteiger partial charge in [-0.1, -0.05) is 30.7 Å². The van der Waals surface area contributed by atoms with Crippen LogP contribution in [0.3, 0.4) is 0 Å². The van der Waals surface area contributed by atoms with Crippen molar-refractivity contribution in [1.82, 2.24) is 5.32 Å². The topological polar surface area (TPSA) is 41.5 Å². The van der Waals surface area contributed by atoms with Crippen LogP contribution in [0.25, 0.3) is 0 Å². The first-order valence-electron chi connectivity index (χ1n) is 5.42. The summed E-state index contributed by atoms with van der Waals surface area (Å²) in [7, 11) is 0. The molecule has 3 nitrogen and oxygen atoms in total. The maximum atomic E-state index is 13.6. The summed E-state index contributed by atoms with van der Waals surface area (Å²) in [5.74, 6) is -0.0704. The summed E-state index contributed by atoms with van der Waals surface area (Å²) in [5.41, 5.74) is 0.438. The van der Waals surface area contributed by atoms with Crippen LogP contribution in [0.2, 0.25) is 5.02 Å². The van der Waals surface area contributed by atoms with E-state index in [1.807, 2.05) is 6.92 Å². The molecule has 0 spiro atoms. The van der Waals surface area contributed by atoms with E-state index in [0.717, 1.165) is 0 Å². The molecule has 1 unspecified atom stereocenters. The van der Waals surface area contributed by atoms with Crippen LogP contribution in [0.15, 0.2) is 23.2 Å². The monoisotopic (exact) mass is 254 g/mol. The minimum atomic E-state index is -0.453. The van der Waals surface area contributed by atoms with Crippen LogP contribution in [0.5, 0.6) is 0 Å². The summed E-state index contributed by atoms with van der Waals surface area (Å²) in [6.07, 6.45) is 0.905. The van der Waals surface area contributed by atoms with Crippen molar-refractivity contribution in [1.29, 1.82) is 0 Å². The lowest BCUT2D eigenvalue weighted by atomic mass is 10.1. The highest BCUT2D eigenvalue weighted by molar-refractivity contribution is 6.30. The van der Waals surface area contributed by atoms with Gasteiger partial charge in [-0.25, -0.2) is 4.39 Å². The fourth-order valence-corrected chi connectivity index (χ4v) is 1.93. The average Bonchev–Trinajstić information content (AvgIpc) is 2.65. The van der Waals surface area contributed by atoms with E-state index in [1.165, 1.54) is 6.07 Å². The van der Waals surface area contributed by atoms with Gasteiger partial charge in [0.25, 0.3) is 0 Å². The van der Waals surface area contributed by atoms with Crippen LogP contribution in [0, 0.1) is 5.82 Å². The van der Waals surface area contributed by atoms with Crippen molar-refractivity contribution in [2.24, 2.45) is 4.99 Å². The quantitative estimate of drug-likeness (QED) is 0.884. The second-order valence-electron chi connectivity index (χ2n) is 3.88. The summed E-state index contributed by atoms with van der Waals surface area (Å²) < 4.78 is 13.6. The van der Waals surface area contributed by atoms with Crippen molar-refractivity contribution in [3.63, 3.8) is 0 Å². The smallest absolute Gasteiger partial charge is 0.250 e. The molecule has 0 saturated carbocycles. The molecule has 0 radical (unpaired) electrons. The van der Waals surface area contributed by atoms with Crippen molar-refractivity contribution in [2.45, 2.75) is 25.8 Å². The van der Waals surface area contributed by atoms with Crippen molar-refractivity contribution < 1.29 is 9.18 Å². The highest BCUT2D eigenvalue weighted by Gasteiger charge is 2.24. The van der Waals surface area contributed by atoms with E-state index in [-0.39, 0.29) is 23.4 Å². The molecule has 1 heterocycles. The van der Waals surface area contributed by atoms with Gasteiger partial charge in [0.1, 0.15) is 17.7 Å². The van der Waals surface area contributed by atoms with Crippen LogP contribution in [-0.2, 0) is 11.2 Å². The fourth-order valence-electron chi connectivity index (χ4n) is 1.74. The maximum absolute atomic E-state index is 13.6. The van der Waals surface area contributed by atoms with Crippen molar-refractivity contribution in [3.05, 3.63) is 34.6 Å². The molecule has 1 aromatic rings. The van der Waals surface area contributed by atoms with Gasteiger partial charge in [0.15, 0.2) is 0 Å². The Labute approximate surface area is 104 Å². The Kier molecular flexibility index (Phi) is 3.43. The Hall–Kier alpha value is -1.42. The molecule has 5 heteroatoms. The number of amidine groups is 1.